The van der Waals surface area contributed by atoms with Crippen molar-refractivity contribution in [2.75, 3.05) is 18.1 Å². The molecule has 1 saturated heterocycles. The Morgan fingerprint density at radius 1 is 1.22 bits per heavy atom. The van der Waals surface area contributed by atoms with Crippen LogP contribution in [0.2, 0.25) is 0 Å². The van der Waals surface area contributed by atoms with Crippen LogP contribution in [0, 0.1) is 5.21 Å². The minimum atomic E-state index is -4.58. The number of pyridine rings is 1. The number of nitrogens with one attached hydrogen (secondary N) is 1. The van der Waals surface area contributed by atoms with E-state index in [4.69, 9.17) is 4.74 Å². The highest BCUT2D eigenvalue weighted by Crippen LogP contribution is 2.43. The van der Waals surface area contributed by atoms with Gasteiger partial charge in [-0.2, -0.15) is 17.9 Å². The standard InChI is InChI=1S/C22H21F3N4O3/c23-22(24,25)13-27-18-11-14(17-5-1-3-9-29(17)31)7-8-15(18)20-16(21(27)30)12-28(26-20)19-6-2-4-10-32-19/h1,3,5,7-9,11-12,19-20,26H,2,4,6,10,13H2. The molecule has 10 heteroatoms. The molecule has 0 aliphatic carbocycles. The van der Waals surface area contributed by atoms with Crippen LogP contribution in [0.25, 0.3) is 11.3 Å². The molecule has 1 N–H and O–H groups in total. The summed E-state index contributed by atoms with van der Waals surface area (Å²) in [5.41, 5.74) is 4.85. The topological polar surface area (TPSA) is 71.8 Å². The molecule has 2 atom stereocenters. The van der Waals surface area contributed by atoms with E-state index in [1.807, 2.05) is 0 Å². The second-order valence-corrected chi connectivity index (χ2v) is 8.07. The lowest BCUT2D eigenvalue weighted by Gasteiger charge is -2.35. The molecule has 3 aliphatic heterocycles. The number of amides is 1. The highest BCUT2D eigenvalue weighted by atomic mass is 19.4. The molecule has 5 rings (SSSR count). The molecule has 1 fully saturated rings. The van der Waals surface area contributed by atoms with Gasteiger partial charge < -0.3 is 9.94 Å². The van der Waals surface area contributed by atoms with E-state index in [9.17, 15) is 23.2 Å². The highest BCUT2D eigenvalue weighted by molar-refractivity contribution is 6.10. The second-order valence-electron chi connectivity index (χ2n) is 8.07. The molecule has 2 unspecified atom stereocenters. The zero-order chi connectivity index (χ0) is 22.5. The van der Waals surface area contributed by atoms with Crippen molar-refractivity contribution < 1.29 is 27.4 Å². The lowest BCUT2D eigenvalue weighted by Crippen LogP contribution is -2.46. The molecule has 1 amide bonds. The molecule has 2 aromatic rings. The number of nitrogens with zero attached hydrogens (tertiary/aromatic N) is 3. The van der Waals surface area contributed by atoms with E-state index in [-0.39, 0.29) is 23.2 Å². The third kappa shape index (κ3) is 3.69. The molecule has 0 spiro atoms. The van der Waals surface area contributed by atoms with Crippen molar-refractivity contribution in [2.24, 2.45) is 0 Å². The van der Waals surface area contributed by atoms with Crippen molar-refractivity contribution in [2.45, 2.75) is 37.7 Å². The van der Waals surface area contributed by atoms with Crippen LogP contribution in [0.3, 0.4) is 0 Å². The summed E-state index contributed by atoms with van der Waals surface area (Å²) in [5, 5.41) is 13.9. The number of hydrogen-bond donors (Lipinski definition) is 1. The molecule has 0 saturated carbocycles. The average Bonchev–Trinajstić information content (AvgIpc) is 3.22. The summed E-state index contributed by atoms with van der Waals surface area (Å²) in [4.78, 5) is 13.9. The number of aromatic nitrogens is 1. The number of benzene rings is 1. The quantitative estimate of drug-likeness (QED) is 0.579. The van der Waals surface area contributed by atoms with Gasteiger partial charge in [0.15, 0.2) is 6.20 Å². The van der Waals surface area contributed by atoms with E-state index in [0.717, 1.165) is 24.2 Å². The Bertz CT molecular complexity index is 1080. The van der Waals surface area contributed by atoms with Gasteiger partial charge in [-0.25, -0.2) is 5.43 Å². The molecule has 168 valence electrons. The number of halogens is 3. The van der Waals surface area contributed by atoms with E-state index in [2.05, 4.69) is 5.43 Å². The van der Waals surface area contributed by atoms with Crippen LogP contribution >= 0.6 is 0 Å². The Morgan fingerprint density at radius 3 is 2.78 bits per heavy atom. The van der Waals surface area contributed by atoms with Gasteiger partial charge in [0.05, 0.1) is 17.3 Å². The van der Waals surface area contributed by atoms with E-state index in [1.165, 1.54) is 12.3 Å². The van der Waals surface area contributed by atoms with Crippen molar-refractivity contribution in [3.63, 3.8) is 0 Å². The molecule has 3 aliphatic rings. The highest BCUT2D eigenvalue weighted by Gasteiger charge is 2.45. The fourth-order valence-electron chi connectivity index (χ4n) is 4.44. The number of rotatable bonds is 3. The van der Waals surface area contributed by atoms with Crippen LogP contribution in [0.1, 0.15) is 30.9 Å². The van der Waals surface area contributed by atoms with Crippen LogP contribution in [0.4, 0.5) is 18.9 Å². The van der Waals surface area contributed by atoms with Crippen LogP contribution < -0.4 is 15.1 Å². The van der Waals surface area contributed by atoms with E-state index >= 15 is 0 Å². The van der Waals surface area contributed by atoms with Gasteiger partial charge in [-0.1, -0.05) is 6.07 Å². The summed E-state index contributed by atoms with van der Waals surface area (Å²) in [5.74, 6) is -0.717. The monoisotopic (exact) mass is 446 g/mol. The van der Waals surface area contributed by atoms with Gasteiger partial charge >= 0.3 is 6.18 Å². The summed E-state index contributed by atoms with van der Waals surface area (Å²) in [6.45, 7) is -0.824. The number of carbonyl (C=O) groups is 1. The first-order valence-electron chi connectivity index (χ1n) is 10.4. The summed E-state index contributed by atoms with van der Waals surface area (Å²) in [7, 11) is 0. The summed E-state index contributed by atoms with van der Waals surface area (Å²) in [6, 6.07) is 9.05. The smallest absolute Gasteiger partial charge is 0.406 e. The van der Waals surface area contributed by atoms with Gasteiger partial charge in [0, 0.05) is 30.5 Å². The third-order valence-corrected chi connectivity index (χ3v) is 5.91. The van der Waals surface area contributed by atoms with E-state index in [0.29, 0.717) is 22.5 Å². The van der Waals surface area contributed by atoms with Gasteiger partial charge in [-0.15, -0.1) is 0 Å². The number of hydrazine groups is 1. The SMILES string of the molecule is O=C1C2=CN(C3CCCCO3)NC2c2ccc(-c3cccc[n+]3[O-])cc2N1CC(F)(F)F. The maximum absolute atomic E-state index is 13.4. The number of fused-ring (bicyclic) bond motifs is 3. The van der Waals surface area contributed by atoms with E-state index < -0.39 is 24.7 Å². The molecule has 1 aromatic heterocycles. The number of anilines is 1. The number of hydrogen-bond acceptors (Lipinski definition) is 5. The van der Waals surface area contributed by atoms with Gasteiger partial charge in [0.25, 0.3) is 5.91 Å². The first-order valence-corrected chi connectivity index (χ1v) is 10.4. The molecule has 32 heavy (non-hydrogen) atoms. The van der Waals surface area contributed by atoms with Crippen molar-refractivity contribution in [1.82, 2.24) is 10.4 Å². The zero-order valence-electron chi connectivity index (χ0n) is 17.0. The van der Waals surface area contributed by atoms with Crippen LogP contribution in [-0.4, -0.2) is 36.5 Å². The zero-order valence-corrected chi connectivity index (χ0v) is 17.0. The lowest BCUT2D eigenvalue weighted by atomic mass is 9.91. The molecule has 0 bridgehead atoms. The first kappa shape index (κ1) is 20.8. The molecule has 1 aromatic carbocycles. The van der Waals surface area contributed by atoms with Crippen LogP contribution in [0.5, 0.6) is 0 Å². The van der Waals surface area contributed by atoms with Gasteiger partial charge in [-0.05, 0) is 43.0 Å². The molecule has 4 heterocycles. The van der Waals surface area contributed by atoms with Crippen molar-refractivity contribution in [1.29, 1.82) is 0 Å². The molecule has 7 nitrogen and oxygen atoms in total. The van der Waals surface area contributed by atoms with Gasteiger partial charge in [-0.3, -0.25) is 14.7 Å². The average molecular weight is 446 g/mol. The van der Waals surface area contributed by atoms with Crippen molar-refractivity contribution >= 4 is 11.6 Å². The second kappa shape index (κ2) is 7.79. The predicted octanol–water partition coefficient (Wildman–Crippen LogP) is 3.17. The minimum absolute atomic E-state index is 0.134. The van der Waals surface area contributed by atoms with Crippen LogP contribution in [0.15, 0.2) is 54.4 Å². The fraction of sp³-hybridized carbons (Fsp3) is 0.364. The Hall–Kier alpha value is -3.11. The fourth-order valence-corrected chi connectivity index (χ4v) is 4.44. The Balaban J connectivity index is 1.57. The maximum Gasteiger partial charge on any atom is 0.406 e. The Morgan fingerprint density at radius 2 is 2.06 bits per heavy atom. The third-order valence-electron chi connectivity index (χ3n) is 5.91. The summed E-state index contributed by atoms with van der Waals surface area (Å²) in [6.07, 6.45) is 0.690. The van der Waals surface area contributed by atoms with Crippen molar-refractivity contribution in [3.8, 4) is 11.3 Å². The number of ether oxygens (including phenoxy) is 1. The first-order chi connectivity index (χ1) is 15.3. The van der Waals surface area contributed by atoms with Crippen molar-refractivity contribution in [3.05, 3.63) is 65.1 Å². The maximum atomic E-state index is 13.4. The van der Waals surface area contributed by atoms with E-state index in [1.54, 1.807) is 41.5 Å². The normalized spacial score (nSPS) is 23.1. The van der Waals surface area contributed by atoms with Crippen LogP contribution in [-0.2, 0) is 9.53 Å². The number of alkyl halides is 3. The lowest BCUT2D eigenvalue weighted by molar-refractivity contribution is -0.593. The molecular formula is C22H21F3N4O3. The van der Waals surface area contributed by atoms with Gasteiger partial charge in [0.1, 0.15) is 12.8 Å². The number of carbonyl (C=O) groups excluding carboxylic acids is 1. The largest absolute Gasteiger partial charge is 0.618 e. The molecular weight excluding hydrogens is 425 g/mol. The Labute approximate surface area is 182 Å². The minimum Gasteiger partial charge on any atom is -0.618 e. The summed E-state index contributed by atoms with van der Waals surface area (Å²) < 4.78 is 46.6. The summed E-state index contributed by atoms with van der Waals surface area (Å²) >= 11 is 0. The molecule has 0 radical (unpaired) electrons. The Kier molecular flexibility index (Phi) is 5.06. The van der Waals surface area contributed by atoms with Gasteiger partial charge in [0.2, 0.25) is 5.69 Å². The predicted molar refractivity (Wildman–Crippen MR) is 109 cm³/mol.